The zero-order valence-corrected chi connectivity index (χ0v) is 18.1. The van der Waals surface area contributed by atoms with Crippen LogP contribution in [0.15, 0.2) is 30.3 Å². The Bertz CT molecular complexity index is 846. The van der Waals surface area contributed by atoms with Gasteiger partial charge in [0.25, 0.3) is 5.91 Å². The molecule has 0 bridgehead atoms. The van der Waals surface area contributed by atoms with Gasteiger partial charge in [0.2, 0.25) is 0 Å². The third-order valence-corrected chi connectivity index (χ3v) is 5.75. The van der Waals surface area contributed by atoms with Crippen LogP contribution in [0.5, 0.6) is 0 Å². The van der Waals surface area contributed by atoms with Crippen molar-refractivity contribution in [3.63, 3.8) is 0 Å². The zero-order valence-electron chi connectivity index (χ0n) is 16.5. The Kier molecular flexibility index (Phi) is 7.95. The lowest BCUT2D eigenvalue weighted by atomic mass is 10.1. The third kappa shape index (κ3) is 5.08. The zero-order chi connectivity index (χ0) is 20.7. The molecule has 0 fully saturated rings. The van der Waals surface area contributed by atoms with Gasteiger partial charge in [-0.3, -0.25) is 4.79 Å². The van der Waals surface area contributed by atoms with E-state index in [9.17, 15) is 9.59 Å². The molecule has 1 aromatic carbocycles. The van der Waals surface area contributed by atoms with Crippen LogP contribution in [0.3, 0.4) is 0 Å². The van der Waals surface area contributed by atoms with Gasteiger partial charge in [0.05, 0.1) is 17.6 Å². The Hall–Kier alpha value is -2.45. The minimum Gasteiger partial charge on any atom is -0.465 e. The summed E-state index contributed by atoms with van der Waals surface area (Å²) in [4.78, 5) is 27.4. The molecular formula is C20H25N3O3S2. The minimum absolute atomic E-state index is 0.103. The van der Waals surface area contributed by atoms with Crippen LogP contribution >= 0.6 is 23.6 Å². The van der Waals surface area contributed by atoms with Gasteiger partial charge in [-0.05, 0) is 44.1 Å². The molecule has 0 saturated carbocycles. The van der Waals surface area contributed by atoms with Gasteiger partial charge < -0.3 is 20.3 Å². The molecule has 2 aromatic rings. The number of methoxy groups -OCH3 is 1. The molecule has 0 aliphatic heterocycles. The summed E-state index contributed by atoms with van der Waals surface area (Å²) in [6, 6.07) is 9.84. The van der Waals surface area contributed by atoms with E-state index in [4.69, 9.17) is 17.0 Å². The average Bonchev–Trinajstić information content (AvgIpc) is 3.03. The fourth-order valence-corrected chi connectivity index (χ4v) is 4.14. The van der Waals surface area contributed by atoms with Crippen molar-refractivity contribution >= 4 is 45.5 Å². The first-order valence-corrected chi connectivity index (χ1v) is 10.2. The van der Waals surface area contributed by atoms with Crippen LogP contribution in [0.4, 0.5) is 5.00 Å². The van der Waals surface area contributed by atoms with E-state index in [1.807, 2.05) is 44.2 Å². The molecule has 6 nitrogen and oxygen atoms in total. The van der Waals surface area contributed by atoms with Gasteiger partial charge in [0.1, 0.15) is 5.00 Å². The molecule has 28 heavy (non-hydrogen) atoms. The predicted octanol–water partition coefficient (Wildman–Crippen LogP) is 3.81. The molecule has 1 heterocycles. The number of carbonyl (C=O) groups is 2. The second-order valence-electron chi connectivity index (χ2n) is 6.02. The molecule has 0 aliphatic carbocycles. The first-order chi connectivity index (χ1) is 13.4. The van der Waals surface area contributed by atoms with Crippen molar-refractivity contribution < 1.29 is 14.3 Å². The van der Waals surface area contributed by atoms with Crippen molar-refractivity contribution in [2.45, 2.75) is 27.3 Å². The van der Waals surface area contributed by atoms with Gasteiger partial charge in [0.15, 0.2) is 5.11 Å². The fraction of sp³-hybridized carbons (Fsp3) is 0.350. The molecule has 0 spiro atoms. The maximum Gasteiger partial charge on any atom is 0.341 e. The molecule has 150 valence electrons. The maximum absolute atomic E-state index is 12.8. The molecule has 1 aromatic heterocycles. The Morgan fingerprint density at radius 1 is 1.18 bits per heavy atom. The standard InChI is InChI=1S/C20H25N3O3S2/c1-5-23(6-2)18(24)16-13(3)15(19(25)26-4)17(28-16)22-20(27)21-12-14-10-8-7-9-11-14/h7-11H,5-6,12H2,1-4H3,(H2,21,22,27). The molecule has 0 saturated heterocycles. The van der Waals surface area contributed by atoms with E-state index in [0.29, 0.717) is 45.8 Å². The summed E-state index contributed by atoms with van der Waals surface area (Å²) in [5.41, 5.74) is 2.02. The van der Waals surface area contributed by atoms with E-state index in [1.165, 1.54) is 18.4 Å². The molecule has 2 N–H and O–H groups in total. The van der Waals surface area contributed by atoms with Gasteiger partial charge in [-0.2, -0.15) is 0 Å². The summed E-state index contributed by atoms with van der Waals surface area (Å²) in [6.45, 7) is 7.35. The number of thiocarbonyl (C=S) groups is 1. The van der Waals surface area contributed by atoms with Crippen molar-refractivity contribution in [3.05, 3.63) is 51.9 Å². The van der Waals surface area contributed by atoms with Gasteiger partial charge in [0, 0.05) is 19.6 Å². The van der Waals surface area contributed by atoms with Gasteiger partial charge in [-0.1, -0.05) is 30.3 Å². The number of anilines is 1. The van der Waals surface area contributed by atoms with Gasteiger partial charge in [-0.15, -0.1) is 11.3 Å². The van der Waals surface area contributed by atoms with Crippen molar-refractivity contribution in [3.8, 4) is 0 Å². The second kappa shape index (κ2) is 10.2. The topological polar surface area (TPSA) is 70.7 Å². The number of esters is 1. The van der Waals surface area contributed by atoms with Crippen LogP contribution in [0.1, 0.15) is 45.0 Å². The first kappa shape index (κ1) is 21.8. The number of nitrogens with zero attached hydrogens (tertiary/aromatic N) is 1. The average molecular weight is 420 g/mol. The highest BCUT2D eigenvalue weighted by molar-refractivity contribution is 7.80. The van der Waals surface area contributed by atoms with E-state index >= 15 is 0 Å². The summed E-state index contributed by atoms with van der Waals surface area (Å²) in [5, 5.41) is 7.05. The molecule has 0 radical (unpaired) electrons. The smallest absolute Gasteiger partial charge is 0.341 e. The summed E-state index contributed by atoms with van der Waals surface area (Å²) in [5.74, 6) is -0.602. The maximum atomic E-state index is 12.8. The number of benzene rings is 1. The van der Waals surface area contributed by atoms with Crippen LogP contribution in [0, 0.1) is 6.92 Å². The van der Waals surface area contributed by atoms with E-state index in [0.717, 1.165) is 5.56 Å². The highest BCUT2D eigenvalue weighted by Crippen LogP contribution is 2.34. The van der Waals surface area contributed by atoms with Crippen molar-refractivity contribution in [2.75, 3.05) is 25.5 Å². The Balaban J connectivity index is 2.24. The quantitative estimate of drug-likeness (QED) is 0.525. The Labute approximate surface area is 174 Å². The second-order valence-corrected chi connectivity index (χ2v) is 7.45. The molecule has 1 amide bonds. The number of amides is 1. The number of ether oxygens (including phenoxy) is 1. The van der Waals surface area contributed by atoms with Crippen LogP contribution in [0.25, 0.3) is 0 Å². The number of rotatable bonds is 7. The van der Waals surface area contributed by atoms with Crippen LogP contribution < -0.4 is 10.6 Å². The van der Waals surface area contributed by atoms with Crippen molar-refractivity contribution in [1.82, 2.24) is 10.2 Å². The van der Waals surface area contributed by atoms with E-state index in [1.54, 1.807) is 11.8 Å². The Morgan fingerprint density at radius 3 is 2.39 bits per heavy atom. The van der Waals surface area contributed by atoms with E-state index < -0.39 is 5.97 Å². The number of nitrogens with one attached hydrogen (secondary N) is 2. The highest BCUT2D eigenvalue weighted by Gasteiger charge is 2.27. The minimum atomic E-state index is -0.499. The van der Waals surface area contributed by atoms with Crippen molar-refractivity contribution in [1.29, 1.82) is 0 Å². The van der Waals surface area contributed by atoms with E-state index in [-0.39, 0.29) is 5.91 Å². The lowest BCUT2D eigenvalue weighted by Gasteiger charge is -2.17. The highest BCUT2D eigenvalue weighted by atomic mass is 32.1. The van der Waals surface area contributed by atoms with Gasteiger partial charge in [-0.25, -0.2) is 4.79 Å². The monoisotopic (exact) mass is 419 g/mol. The summed E-state index contributed by atoms with van der Waals surface area (Å²) >= 11 is 6.59. The Morgan fingerprint density at radius 2 is 1.82 bits per heavy atom. The largest absolute Gasteiger partial charge is 0.465 e. The number of carbonyl (C=O) groups excluding carboxylic acids is 2. The van der Waals surface area contributed by atoms with Crippen molar-refractivity contribution in [2.24, 2.45) is 0 Å². The summed E-state index contributed by atoms with van der Waals surface area (Å²) < 4.78 is 4.91. The lowest BCUT2D eigenvalue weighted by molar-refractivity contribution is 0.0601. The molecular weight excluding hydrogens is 394 g/mol. The SMILES string of the molecule is CCN(CC)C(=O)c1sc(NC(=S)NCc2ccccc2)c(C(=O)OC)c1C. The lowest BCUT2D eigenvalue weighted by Crippen LogP contribution is -2.30. The number of hydrogen-bond acceptors (Lipinski definition) is 5. The van der Waals surface area contributed by atoms with E-state index in [2.05, 4.69) is 10.6 Å². The first-order valence-electron chi connectivity index (χ1n) is 9.02. The molecule has 8 heteroatoms. The van der Waals surface area contributed by atoms with Crippen LogP contribution in [-0.2, 0) is 11.3 Å². The molecule has 2 rings (SSSR count). The molecule has 0 aliphatic rings. The molecule has 0 atom stereocenters. The number of thiophene rings is 1. The van der Waals surface area contributed by atoms with Gasteiger partial charge >= 0.3 is 5.97 Å². The normalized spacial score (nSPS) is 10.3. The van der Waals surface area contributed by atoms with Crippen LogP contribution in [-0.4, -0.2) is 42.1 Å². The molecule has 0 unspecified atom stereocenters. The predicted molar refractivity (Wildman–Crippen MR) is 117 cm³/mol. The number of hydrogen-bond donors (Lipinski definition) is 2. The summed E-state index contributed by atoms with van der Waals surface area (Å²) in [6.07, 6.45) is 0. The van der Waals surface area contributed by atoms with Crippen LogP contribution in [0.2, 0.25) is 0 Å². The fourth-order valence-electron chi connectivity index (χ4n) is 2.73. The third-order valence-electron chi connectivity index (χ3n) is 4.30. The summed E-state index contributed by atoms with van der Waals surface area (Å²) in [7, 11) is 1.32.